The molecule has 1 aliphatic rings. The molecular weight excluding hydrogens is 429 g/mol. The van der Waals surface area contributed by atoms with E-state index in [2.05, 4.69) is 20.8 Å². The molecule has 0 aliphatic carbocycles. The summed E-state index contributed by atoms with van der Waals surface area (Å²) < 4.78 is 38.4. The van der Waals surface area contributed by atoms with E-state index in [1.807, 2.05) is 31.2 Å². The highest BCUT2D eigenvalue weighted by Crippen LogP contribution is 2.31. The summed E-state index contributed by atoms with van der Waals surface area (Å²) in [6.07, 6.45) is -4.73. The second kappa shape index (κ2) is 9.34. The molecule has 6 nitrogen and oxygen atoms in total. The average molecular weight is 448 g/mol. The second-order valence-electron chi connectivity index (χ2n) is 6.88. The van der Waals surface area contributed by atoms with E-state index in [0.29, 0.717) is 5.71 Å². The Bertz CT molecular complexity index is 1050. The molecular formula is C21H19F3N4O2S. The number of anilines is 1. The Kier molecular flexibility index (Phi) is 6.79. The van der Waals surface area contributed by atoms with Crippen LogP contribution in [0.25, 0.3) is 0 Å². The maximum absolute atomic E-state index is 12.8. The molecule has 1 heterocycles. The molecule has 2 N–H and O–H groups in total. The summed E-state index contributed by atoms with van der Waals surface area (Å²) >= 11 is 1.05. The van der Waals surface area contributed by atoms with Crippen LogP contribution in [0.2, 0.25) is 0 Å². The fraction of sp³-hybridized carbons (Fsp3) is 0.238. The van der Waals surface area contributed by atoms with Crippen LogP contribution >= 0.6 is 11.8 Å². The van der Waals surface area contributed by atoms with E-state index in [1.165, 1.54) is 12.1 Å². The Hall–Kier alpha value is -3.14. The van der Waals surface area contributed by atoms with Crippen molar-refractivity contribution in [2.24, 2.45) is 10.2 Å². The molecule has 0 radical (unpaired) electrons. The van der Waals surface area contributed by atoms with Crippen LogP contribution in [0.1, 0.15) is 30.0 Å². The summed E-state index contributed by atoms with van der Waals surface area (Å²) in [7, 11) is 0. The highest BCUT2D eigenvalue weighted by molar-refractivity contribution is 8.15. The van der Waals surface area contributed by atoms with Gasteiger partial charge in [-0.05, 0) is 37.6 Å². The fourth-order valence-corrected chi connectivity index (χ4v) is 3.63. The summed E-state index contributed by atoms with van der Waals surface area (Å²) in [5, 5.41) is 12.6. The van der Waals surface area contributed by atoms with Crippen LogP contribution in [-0.2, 0) is 15.8 Å². The van der Waals surface area contributed by atoms with Crippen LogP contribution in [0.15, 0.2) is 58.7 Å². The zero-order valence-electron chi connectivity index (χ0n) is 16.7. The first-order valence-corrected chi connectivity index (χ1v) is 10.1. The van der Waals surface area contributed by atoms with Crippen LogP contribution < -0.4 is 10.6 Å². The van der Waals surface area contributed by atoms with Crippen molar-refractivity contribution in [1.82, 2.24) is 5.32 Å². The first-order chi connectivity index (χ1) is 14.6. The second-order valence-corrected chi connectivity index (χ2v) is 8.07. The predicted molar refractivity (Wildman–Crippen MR) is 115 cm³/mol. The first kappa shape index (κ1) is 22.5. The van der Waals surface area contributed by atoms with Gasteiger partial charge in [0.2, 0.25) is 11.8 Å². The zero-order chi connectivity index (χ0) is 22.6. The molecule has 2 aromatic carbocycles. The van der Waals surface area contributed by atoms with Gasteiger partial charge in [-0.3, -0.25) is 9.59 Å². The van der Waals surface area contributed by atoms with Crippen molar-refractivity contribution in [3.63, 3.8) is 0 Å². The van der Waals surface area contributed by atoms with Gasteiger partial charge >= 0.3 is 6.18 Å². The largest absolute Gasteiger partial charge is 0.416 e. The number of hydrogen-bond donors (Lipinski definition) is 2. The number of carbonyl (C=O) groups excluding carboxylic acids is 2. The number of halogens is 3. The van der Waals surface area contributed by atoms with Crippen molar-refractivity contribution in [2.45, 2.75) is 31.7 Å². The van der Waals surface area contributed by atoms with Crippen LogP contribution in [0.4, 0.5) is 18.9 Å². The zero-order valence-corrected chi connectivity index (χ0v) is 17.5. The number of aryl methyl sites for hydroxylation is 1. The van der Waals surface area contributed by atoms with Gasteiger partial charge in [-0.25, -0.2) is 0 Å². The van der Waals surface area contributed by atoms with Gasteiger partial charge in [0.15, 0.2) is 5.17 Å². The third kappa shape index (κ3) is 6.17. The number of hydrogen-bond acceptors (Lipinski definition) is 5. The van der Waals surface area contributed by atoms with Gasteiger partial charge in [-0.2, -0.15) is 18.3 Å². The smallest absolute Gasteiger partial charge is 0.326 e. The SMILES string of the molecule is CC(=NN=C1NC(=O)[C@@H](CC(=O)Nc2cccc(C(F)(F)F)c2)S1)c1ccc(C)cc1. The molecule has 0 aromatic heterocycles. The number of nitrogens with zero attached hydrogens (tertiary/aromatic N) is 2. The number of benzene rings is 2. The van der Waals surface area contributed by atoms with E-state index >= 15 is 0 Å². The van der Waals surface area contributed by atoms with E-state index < -0.39 is 28.8 Å². The molecule has 1 fully saturated rings. The van der Waals surface area contributed by atoms with Crippen molar-refractivity contribution in [2.75, 3.05) is 5.32 Å². The Labute approximate surface area is 181 Å². The van der Waals surface area contributed by atoms with Crippen molar-refractivity contribution >= 4 is 40.1 Å². The highest BCUT2D eigenvalue weighted by Gasteiger charge is 2.33. The quantitative estimate of drug-likeness (QED) is 0.527. The Morgan fingerprint density at radius 3 is 2.58 bits per heavy atom. The van der Waals surface area contributed by atoms with Crippen LogP contribution in [-0.4, -0.2) is 27.9 Å². The molecule has 1 aliphatic heterocycles. The lowest BCUT2D eigenvalue weighted by Gasteiger charge is -2.10. The van der Waals surface area contributed by atoms with Crippen LogP contribution in [0.5, 0.6) is 0 Å². The lowest BCUT2D eigenvalue weighted by Crippen LogP contribution is -2.28. The third-order valence-corrected chi connectivity index (χ3v) is 5.45. The molecule has 1 saturated heterocycles. The molecule has 0 saturated carbocycles. The summed E-state index contributed by atoms with van der Waals surface area (Å²) in [5.74, 6) is -0.987. The fourth-order valence-electron chi connectivity index (χ4n) is 2.71. The maximum Gasteiger partial charge on any atom is 0.416 e. The lowest BCUT2D eigenvalue weighted by molar-refractivity contribution is -0.137. The maximum atomic E-state index is 12.8. The first-order valence-electron chi connectivity index (χ1n) is 9.26. The summed E-state index contributed by atoms with van der Waals surface area (Å²) in [5.41, 5.74) is 1.81. The Morgan fingerprint density at radius 1 is 1.19 bits per heavy atom. The number of alkyl halides is 3. The molecule has 10 heteroatoms. The number of carbonyl (C=O) groups is 2. The molecule has 1 atom stereocenters. The minimum Gasteiger partial charge on any atom is -0.326 e. The van der Waals surface area contributed by atoms with Crippen LogP contribution in [0, 0.1) is 6.92 Å². The van der Waals surface area contributed by atoms with Gasteiger partial charge in [0.05, 0.1) is 11.3 Å². The standard InChI is InChI=1S/C21H19F3N4O2S/c1-12-6-8-14(9-7-12)13(2)27-28-20-26-19(30)17(31-20)11-18(29)25-16-5-3-4-15(10-16)21(22,23)24/h3-10,17H,11H2,1-2H3,(H,25,29)(H,26,28,30)/t17-/m1/s1. The number of amidine groups is 1. The molecule has 0 bridgehead atoms. The molecule has 0 spiro atoms. The van der Waals surface area contributed by atoms with Crippen molar-refractivity contribution in [3.8, 4) is 0 Å². The van der Waals surface area contributed by atoms with Gasteiger partial charge in [0, 0.05) is 12.1 Å². The van der Waals surface area contributed by atoms with Gasteiger partial charge in [0.1, 0.15) is 5.25 Å². The van der Waals surface area contributed by atoms with E-state index in [9.17, 15) is 22.8 Å². The number of amides is 2. The number of rotatable bonds is 5. The van der Waals surface area contributed by atoms with Gasteiger partial charge < -0.3 is 10.6 Å². The van der Waals surface area contributed by atoms with Gasteiger partial charge in [-0.1, -0.05) is 47.7 Å². The average Bonchev–Trinajstić information content (AvgIpc) is 3.05. The monoisotopic (exact) mass is 448 g/mol. The minimum atomic E-state index is -4.51. The summed E-state index contributed by atoms with van der Waals surface area (Å²) in [6, 6.07) is 12.0. The molecule has 2 amide bonds. The van der Waals surface area contributed by atoms with Crippen LogP contribution in [0.3, 0.4) is 0 Å². The Balaban J connectivity index is 1.60. The number of thioether (sulfide) groups is 1. The minimum absolute atomic E-state index is 0.00967. The van der Waals surface area contributed by atoms with Gasteiger partial charge in [0.25, 0.3) is 0 Å². The topological polar surface area (TPSA) is 82.9 Å². The van der Waals surface area contributed by atoms with Crippen molar-refractivity contribution in [3.05, 3.63) is 65.2 Å². The predicted octanol–water partition coefficient (Wildman–Crippen LogP) is 4.35. The molecule has 2 aromatic rings. The third-order valence-electron chi connectivity index (χ3n) is 4.38. The molecule has 31 heavy (non-hydrogen) atoms. The van der Waals surface area contributed by atoms with Crippen molar-refractivity contribution < 1.29 is 22.8 Å². The molecule has 3 rings (SSSR count). The van der Waals surface area contributed by atoms with E-state index in [4.69, 9.17) is 0 Å². The highest BCUT2D eigenvalue weighted by atomic mass is 32.2. The van der Waals surface area contributed by atoms with E-state index in [0.717, 1.165) is 35.0 Å². The van der Waals surface area contributed by atoms with Gasteiger partial charge in [-0.15, -0.1) is 5.10 Å². The normalized spacial score (nSPS) is 18.2. The Morgan fingerprint density at radius 2 is 1.90 bits per heavy atom. The van der Waals surface area contributed by atoms with E-state index in [-0.39, 0.29) is 17.3 Å². The lowest BCUT2D eigenvalue weighted by atomic mass is 10.1. The summed E-state index contributed by atoms with van der Waals surface area (Å²) in [6.45, 7) is 3.76. The summed E-state index contributed by atoms with van der Waals surface area (Å²) in [4.78, 5) is 24.3. The number of nitrogens with one attached hydrogen (secondary N) is 2. The van der Waals surface area contributed by atoms with E-state index in [1.54, 1.807) is 6.92 Å². The molecule has 162 valence electrons. The van der Waals surface area contributed by atoms with Crippen molar-refractivity contribution in [1.29, 1.82) is 0 Å². The molecule has 0 unspecified atom stereocenters.